The highest BCUT2D eigenvalue weighted by Gasteiger charge is 2.17. The standard InChI is InChI=1S/C16H20N2OS/c1-19-15-3-2-12(8-14(15)9-17)10-18-6-4-16-13(11-18)5-7-20-16/h2-3,5,7-8H,4,6,9-11,17H2,1H3. The molecule has 3 rings (SSSR count). The second kappa shape index (κ2) is 5.95. The maximum absolute atomic E-state index is 5.79. The van der Waals surface area contributed by atoms with Gasteiger partial charge in [0.15, 0.2) is 0 Å². The molecule has 20 heavy (non-hydrogen) atoms. The lowest BCUT2D eigenvalue weighted by Gasteiger charge is -2.27. The van der Waals surface area contributed by atoms with E-state index in [9.17, 15) is 0 Å². The highest BCUT2D eigenvalue weighted by atomic mass is 32.1. The van der Waals surface area contributed by atoms with E-state index in [1.165, 1.54) is 17.5 Å². The first kappa shape index (κ1) is 13.6. The molecule has 1 aliphatic rings. The summed E-state index contributed by atoms with van der Waals surface area (Å²) in [7, 11) is 1.69. The topological polar surface area (TPSA) is 38.5 Å². The van der Waals surface area contributed by atoms with Crippen molar-refractivity contribution in [2.24, 2.45) is 5.73 Å². The first-order chi connectivity index (χ1) is 9.80. The molecule has 2 heterocycles. The van der Waals surface area contributed by atoms with Gasteiger partial charge in [-0.3, -0.25) is 4.90 Å². The van der Waals surface area contributed by atoms with Gasteiger partial charge in [0.2, 0.25) is 0 Å². The summed E-state index contributed by atoms with van der Waals surface area (Å²) >= 11 is 1.88. The van der Waals surface area contributed by atoms with Gasteiger partial charge in [0, 0.05) is 36.6 Å². The molecular weight excluding hydrogens is 268 g/mol. The number of hydrogen-bond acceptors (Lipinski definition) is 4. The minimum absolute atomic E-state index is 0.520. The molecule has 0 radical (unpaired) electrons. The Kier molecular flexibility index (Phi) is 4.05. The Bertz CT molecular complexity index is 594. The van der Waals surface area contributed by atoms with E-state index in [0.717, 1.165) is 30.9 Å². The van der Waals surface area contributed by atoms with Crippen LogP contribution < -0.4 is 10.5 Å². The van der Waals surface area contributed by atoms with E-state index in [0.29, 0.717) is 6.54 Å². The summed E-state index contributed by atoms with van der Waals surface area (Å²) in [5, 5.41) is 2.20. The predicted molar refractivity (Wildman–Crippen MR) is 83.0 cm³/mol. The van der Waals surface area contributed by atoms with E-state index in [-0.39, 0.29) is 0 Å². The Balaban J connectivity index is 1.72. The van der Waals surface area contributed by atoms with Crippen LogP contribution in [0, 0.1) is 0 Å². The summed E-state index contributed by atoms with van der Waals surface area (Å²) in [4.78, 5) is 4.05. The maximum atomic E-state index is 5.79. The average Bonchev–Trinajstić information content (AvgIpc) is 2.94. The SMILES string of the molecule is COc1ccc(CN2CCc3sccc3C2)cc1CN. The molecule has 2 aromatic rings. The van der Waals surface area contributed by atoms with Crippen molar-refractivity contribution < 1.29 is 4.74 Å². The van der Waals surface area contributed by atoms with Crippen molar-refractivity contribution in [3.05, 3.63) is 51.2 Å². The quantitative estimate of drug-likeness (QED) is 0.940. The molecule has 0 bridgehead atoms. The zero-order valence-electron chi connectivity index (χ0n) is 11.8. The molecule has 1 aliphatic heterocycles. The third-order valence-electron chi connectivity index (χ3n) is 3.86. The van der Waals surface area contributed by atoms with Crippen LogP contribution in [0.5, 0.6) is 5.75 Å². The van der Waals surface area contributed by atoms with Crippen molar-refractivity contribution in [3.8, 4) is 5.75 Å². The fraction of sp³-hybridized carbons (Fsp3) is 0.375. The van der Waals surface area contributed by atoms with Crippen molar-refractivity contribution in [2.75, 3.05) is 13.7 Å². The zero-order valence-corrected chi connectivity index (χ0v) is 12.6. The molecule has 0 amide bonds. The fourth-order valence-corrected chi connectivity index (χ4v) is 3.68. The van der Waals surface area contributed by atoms with Crippen LogP contribution in [-0.4, -0.2) is 18.6 Å². The molecular formula is C16H20N2OS. The smallest absolute Gasteiger partial charge is 0.123 e. The Morgan fingerprint density at radius 2 is 2.25 bits per heavy atom. The molecule has 0 spiro atoms. The normalized spacial score (nSPS) is 15.1. The highest BCUT2D eigenvalue weighted by molar-refractivity contribution is 7.10. The Hall–Kier alpha value is -1.36. The number of benzene rings is 1. The van der Waals surface area contributed by atoms with Crippen LogP contribution in [0.1, 0.15) is 21.6 Å². The van der Waals surface area contributed by atoms with Crippen molar-refractivity contribution in [3.63, 3.8) is 0 Å². The van der Waals surface area contributed by atoms with Crippen LogP contribution in [0.4, 0.5) is 0 Å². The Morgan fingerprint density at radius 3 is 3.05 bits per heavy atom. The summed E-state index contributed by atoms with van der Waals surface area (Å²) in [6.07, 6.45) is 1.17. The van der Waals surface area contributed by atoms with Gasteiger partial charge in [-0.2, -0.15) is 0 Å². The van der Waals surface area contributed by atoms with Crippen LogP contribution in [0.15, 0.2) is 29.6 Å². The fourth-order valence-electron chi connectivity index (χ4n) is 2.79. The number of fused-ring (bicyclic) bond motifs is 1. The van der Waals surface area contributed by atoms with E-state index < -0.39 is 0 Å². The van der Waals surface area contributed by atoms with Gasteiger partial charge in [0.25, 0.3) is 0 Å². The summed E-state index contributed by atoms with van der Waals surface area (Å²) in [5.74, 6) is 0.884. The van der Waals surface area contributed by atoms with Crippen molar-refractivity contribution >= 4 is 11.3 Å². The maximum Gasteiger partial charge on any atom is 0.123 e. The predicted octanol–water partition coefficient (Wildman–Crippen LogP) is 2.77. The lowest BCUT2D eigenvalue weighted by Crippen LogP contribution is -2.29. The van der Waals surface area contributed by atoms with Gasteiger partial charge in [-0.05, 0) is 41.1 Å². The van der Waals surface area contributed by atoms with Crippen molar-refractivity contribution in [1.82, 2.24) is 4.90 Å². The van der Waals surface area contributed by atoms with Gasteiger partial charge >= 0.3 is 0 Å². The van der Waals surface area contributed by atoms with Crippen molar-refractivity contribution in [2.45, 2.75) is 26.1 Å². The van der Waals surface area contributed by atoms with Crippen LogP contribution >= 0.6 is 11.3 Å². The Morgan fingerprint density at radius 1 is 1.35 bits per heavy atom. The van der Waals surface area contributed by atoms with E-state index in [4.69, 9.17) is 10.5 Å². The van der Waals surface area contributed by atoms with Gasteiger partial charge in [-0.25, -0.2) is 0 Å². The molecule has 2 N–H and O–H groups in total. The third kappa shape index (κ3) is 2.73. The highest BCUT2D eigenvalue weighted by Crippen LogP contribution is 2.26. The molecule has 0 atom stereocenters. The minimum Gasteiger partial charge on any atom is -0.496 e. The van der Waals surface area contributed by atoms with Gasteiger partial charge in [0.05, 0.1) is 7.11 Å². The zero-order chi connectivity index (χ0) is 13.9. The number of methoxy groups -OCH3 is 1. The summed E-state index contributed by atoms with van der Waals surface area (Å²) in [5.41, 5.74) is 9.67. The van der Waals surface area contributed by atoms with Crippen LogP contribution in [0.3, 0.4) is 0 Å². The van der Waals surface area contributed by atoms with Crippen molar-refractivity contribution in [1.29, 1.82) is 0 Å². The summed E-state index contributed by atoms with van der Waals surface area (Å²) in [6.45, 7) is 3.69. The van der Waals surface area contributed by atoms with Gasteiger partial charge in [-0.15, -0.1) is 11.3 Å². The molecule has 0 fully saturated rings. The molecule has 4 heteroatoms. The first-order valence-electron chi connectivity index (χ1n) is 6.93. The lowest BCUT2D eigenvalue weighted by atomic mass is 10.1. The van der Waals surface area contributed by atoms with Gasteiger partial charge < -0.3 is 10.5 Å². The number of nitrogens with zero attached hydrogens (tertiary/aromatic N) is 1. The van der Waals surface area contributed by atoms with Crippen LogP contribution in [0.25, 0.3) is 0 Å². The number of rotatable bonds is 4. The lowest BCUT2D eigenvalue weighted by molar-refractivity contribution is 0.247. The number of nitrogens with two attached hydrogens (primary N) is 1. The van der Waals surface area contributed by atoms with Gasteiger partial charge in [0.1, 0.15) is 5.75 Å². The number of thiophene rings is 1. The molecule has 0 aliphatic carbocycles. The third-order valence-corrected chi connectivity index (χ3v) is 4.88. The number of ether oxygens (including phenoxy) is 1. The largest absolute Gasteiger partial charge is 0.496 e. The second-order valence-corrected chi connectivity index (χ2v) is 6.18. The minimum atomic E-state index is 0.520. The summed E-state index contributed by atoms with van der Waals surface area (Å²) in [6, 6.07) is 8.59. The monoisotopic (exact) mass is 288 g/mol. The Labute approximate surface area is 124 Å². The molecule has 3 nitrogen and oxygen atoms in total. The van der Waals surface area contributed by atoms with Crippen LogP contribution in [-0.2, 0) is 26.1 Å². The van der Waals surface area contributed by atoms with E-state index in [1.807, 2.05) is 17.4 Å². The molecule has 0 saturated heterocycles. The average molecular weight is 288 g/mol. The molecule has 106 valence electrons. The second-order valence-electron chi connectivity index (χ2n) is 5.18. The van der Waals surface area contributed by atoms with E-state index in [1.54, 1.807) is 12.0 Å². The molecule has 1 aromatic carbocycles. The van der Waals surface area contributed by atoms with E-state index >= 15 is 0 Å². The molecule has 0 saturated carbocycles. The van der Waals surface area contributed by atoms with E-state index in [2.05, 4.69) is 28.5 Å². The molecule has 1 aromatic heterocycles. The van der Waals surface area contributed by atoms with Gasteiger partial charge in [-0.1, -0.05) is 6.07 Å². The summed E-state index contributed by atoms with van der Waals surface area (Å²) < 4.78 is 5.33. The number of hydrogen-bond donors (Lipinski definition) is 1. The molecule has 0 unspecified atom stereocenters. The first-order valence-corrected chi connectivity index (χ1v) is 7.81. The van der Waals surface area contributed by atoms with Crippen LogP contribution in [0.2, 0.25) is 0 Å².